The standard InChI is InChI=1S/C26H33FN2O2/c1-18-13-14-19(2)22(15-18)16-25(30)29(17-21-9-7-8-12-24(21)27)20(3)26(31)28-23-10-5-4-6-11-23/h7-9,12-15,20,23H,4-6,10-11,16-17H2,1-3H3,(H,28,31). The van der Waals surface area contributed by atoms with Gasteiger partial charge in [-0.05, 0) is 50.8 Å². The van der Waals surface area contributed by atoms with Crippen LogP contribution < -0.4 is 5.32 Å². The van der Waals surface area contributed by atoms with E-state index in [-0.39, 0.29) is 36.6 Å². The molecule has 0 radical (unpaired) electrons. The summed E-state index contributed by atoms with van der Waals surface area (Å²) >= 11 is 0. The molecule has 1 aliphatic rings. The first-order valence-corrected chi connectivity index (χ1v) is 11.2. The molecule has 1 unspecified atom stereocenters. The van der Waals surface area contributed by atoms with Gasteiger partial charge in [0, 0.05) is 18.2 Å². The fraction of sp³-hybridized carbons (Fsp3) is 0.462. The number of nitrogens with one attached hydrogen (secondary N) is 1. The van der Waals surface area contributed by atoms with Crippen LogP contribution in [0.4, 0.5) is 4.39 Å². The minimum Gasteiger partial charge on any atom is -0.352 e. The number of halogens is 1. The summed E-state index contributed by atoms with van der Waals surface area (Å²) in [6.45, 7) is 5.77. The van der Waals surface area contributed by atoms with Crippen molar-refractivity contribution < 1.29 is 14.0 Å². The highest BCUT2D eigenvalue weighted by Crippen LogP contribution is 2.20. The van der Waals surface area contributed by atoms with Crippen molar-refractivity contribution in [2.75, 3.05) is 0 Å². The van der Waals surface area contributed by atoms with Gasteiger partial charge in [0.25, 0.3) is 0 Å². The number of rotatable bonds is 7. The number of carbonyl (C=O) groups is 2. The van der Waals surface area contributed by atoms with Gasteiger partial charge in [0.15, 0.2) is 0 Å². The van der Waals surface area contributed by atoms with E-state index in [9.17, 15) is 14.0 Å². The summed E-state index contributed by atoms with van der Waals surface area (Å²) in [6.07, 6.45) is 5.57. The Balaban J connectivity index is 1.80. The van der Waals surface area contributed by atoms with E-state index in [0.717, 1.165) is 42.4 Å². The molecule has 2 amide bonds. The molecule has 0 aliphatic heterocycles. The number of hydrogen-bond donors (Lipinski definition) is 1. The number of hydrogen-bond acceptors (Lipinski definition) is 2. The van der Waals surface area contributed by atoms with E-state index in [1.54, 1.807) is 25.1 Å². The molecule has 0 aromatic heterocycles. The van der Waals surface area contributed by atoms with Gasteiger partial charge in [-0.2, -0.15) is 0 Å². The van der Waals surface area contributed by atoms with E-state index < -0.39 is 6.04 Å². The predicted molar refractivity (Wildman–Crippen MR) is 121 cm³/mol. The first kappa shape index (κ1) is 23.0. The number of benzene rings is 2. The summed E-state index contributed by atoms with van der Waals surface area (Å²) in [5.74, 6) is -0.715. The second-order valence-corrected chi connectivity index (χ2v) is 8.74. The Morgan fingerprint density at radius 1 is 1.06 bits per heavy atom. The quantitative estimate of drug-likeness (QED) is 0.691. The van der Waals surface area contributed by atoms with Gasteiger partial charge in [-0.15, -0.1) is 0 Å². The maximum Gasteiger partial charge on any atom is 0.242 e. The average molecular weight is 425 g/mol. The maximum absolute atomic E-state index is 14.4. The third kappa shape index (κ3) is 6.16. The molecule has 4 nitrogen and oxygen atoms in total. The lowest BCUT2D eigenvalue weighted by Gasteiger charge is -2.31. The Morgan fingerprint density at radius 2 is 1.77 bits per heavy atom. The Labute approximate surface area is 184 Å². The van der Waals surface area contributed by atoms with Crippen LogP contribution in [0.3, 0.4) is 0 Å². The second kappa shape index (κ2) is 10.6. The lowest BCUT2D eigenvalue weighted by atomic mass is 9.95. The first-order chi connectivity index (χ1) is 14.8. The molecule has 1 fully saturated rings. The van der Waals surface area contributed by atoms with E-state index in [2.05, 4.69) is 5.32 Å². The second-order valence-electron chi connectivity index (χ2n) is 8.74. The highest BCUT2D eigenvalue weighted by Gasteiger charge is 2.29. The van der Waals surface area contributed by atoms with Gasteiger partial charge in [-0.1, -0.05) is 61.2 Å². The maximum atomic E-state index is 14.4. The first-order valence-electron chi connectivity index (χ1n) is 11.2. The Kier molecular flexibility index (Phi) is 7.83. The third-order valence-electron chi connectivity index (χ3n) is 6.26. The van der Waals surface area contributed by atoms with Crippen LogP contribution in [0.15, 0.2) is 42.5 Å². The zero-order valence-corrected chi connectivity index (χ0v) is 18.8. The summed E-state index contributed by atoms with van der Waals surface area (Å²) in [5, 5.41) is 3.11. The summed E-state index contributed by atoms with van der Waals surface area (Å²) in [6, 6.07) is 11.9. The van der Waals surface area contributed by atoms with Gasteiger partial charge in [-0.25, -0.2) is 4.39 Å². The van der Waals surface area contributed by atoms with E-state index in [4.69, 9.17) is 0 Å². The van der Waals surface area contributed by atoms with Gasteiger partial charge in [-0.3, -0.25) is 9.59 Å². The SMILES string of the molecule is Cc1ccc(C)c(CC(=O)N(Cc2ccccc2F)C(C)C(=O)NC2CCCCC2)c1. The molecule has 0 bridgehead atoms. The van der Waals surface area contributed by atoms with Crippen molar-refractivity contribution in [3.63, 3.8) is 0 Å². The molecule has 1 N–H and O–H groups in total. The molecular weight excluding hydrogens is 391 g/mol. The van der Waals surface area contributed by atoms with Crippen LogP contribution in [0.5, 0.6) is 0 Å². The van der Waals surface area contributed by atoms with E-state index in [1.165, 1.54) is 17.4 Å². The normalized spacial score (nSPS) is 15.4. The molecule has 0 saturated heterocycles. The Hall–Kier alpha value is -2.69. The van der Waals surface area contributed by atoms with Crippen molar-refractivity contribution in [3.05, 3.63) is 70.5 Å². The largest absolute Gasteiger partial charge is 0.352 e. The molecular formula is C26H33FN2O2. The van der Waals surface area contributed by atoms with E-state index in [1.807, 2.05) is 32.0 Å². The fourth-order valence-corrected chi connectivity index (χ4v) is 4.22. The van der Waals surface area contributed by atoms with Crippen LogP contribution in [-0.4, -0.2) is 28.8 Å². The summed E-state index contributed by atoms with van der Waals surface area (Å²) < 4.78 is 14.4. The van der Waals surface area contributed by atoms with E-state index >= 15 is 0 Å². The molecule has 1 atom stereocenters. The average Bonchev–Trinajstić information content (AvgIpc) is 2.76. The smallest absolute Gasteiger partial charge is 0.242 e. The van der Waals surface area contributed by atoms with Crippen molar-refractivity contribution in [3.8, 4) is 0 Å². The van der Waals surface area contributed by atoms with Crippen LogP contribution in [-0.2, 0) is 22.6 Å². The van der Waals surface area contributed by atoms with Crippen LogP contribution in [0.2, 0.25) is 0 Å². The van der Waals surface area contributed by atoms with Gasteiger partial charge in [0.2, 0.25) is 11.8 Å². The zero-order valence-electron chi connectivity index (χ0n) is 18.8. The van der Waals surface area contributed by atoms with Crippen molar-refractivity contribution in [1.82, 2.24) is 10.2 Å². The van der Waals surface area contributed by atoms with E-state index in [0.29, 0.717) is 5.56 Å². The number of amides is 2. The summed E-state index contributed by atoms with van der Waals surface area (Å²) in [7, 11) is 0. The molecule has 1 aliphatic carbocycles. The van der Waals surface area contributed by atoms with Gasteiger partial charge < -0.3 is 10.2 Å². The van der Waals surface area contributed by atoms with Crippen LogP contribution >= 0.6 is 0 Å². The summed E-state index contributed by atoms with van der Waals surface area (Å²) in [4.78, 5) is 27.9. The minimum atomic E-state index is -0.681. The Bertz CT molecular complexity index is 921. The van der Waals surface area contributed by atoms with Gasteiger partial charge in [0.05, 0.1) is 6.42 Å². The van der Waals surface area contributed by atoms with Crippen LogP contribution in [0, 0.1) is 19.7 Å². The Morgan fingerprint density at radius 3 is 2.48 bits per heavy atom. The summed E-state index contributed by atoms with van der Waals surface area (Å²) in [5.41, 5.74) is 3.46. The third-order valence-corrected chi connectivity index (χ3v) is 6.26. The molecule has 1 saturated carbocycles. The molecule has 2 aromatic carbocycles. The van der Waals surface area contributed by atoms with Crippen LogP contribution in [0.1, 0.15) is 61.3 Å². The number of nitrogens with zero attached hydrogens (tertiary/aromatic N) is 1. The molecule has 2 aromatic rings. The molecule has 31 heavy (non-hydrogen) atoms. The molecule has 5 heteroatoms. The predicted octanol–water partition coefficient (Wildman–Crippen LogP) is 4.85. The van der Waals surface area contributed by atoms with Crippen LogP contribution in [0.25, 0.3) is 0 Å². The highest BCUT2D eigenvalue weighted by atomic mass is 19.1. The van der Waals surface area contributed by atoms with Crippen molar-refractivity contribution >= 4 is 11.8 Å². The van der Waals surface area contributed by atoms with Crippen molar-refractivity contribution in [1.29, 1.82) is 0 Å². The van der Waals surface area contributed by atoms with Crippen molar-refractivity contribution in [2.45, 2.75) is 77.9 Å². The molecule has 0 heterocycles. The fourth-order valence-electron chi connectivity index (χ4n) is 4.22. The molecule has 0 spiro atoms. The van der Waals surface area contributed by atoms with Gasteiger partial charge >= 0.3 is 0 Å². The highest BCUT2D eigenvalue weighted by molar-refractivity contribution is 5.88. The number of carbonyl (C=O) groups excluding carboxylic acids is 2. The van der Waals surface area contributed by atoms with Crippen molar-refractivity contribution in [2.24, 2.45) is 0 Å². The zero-order chi connectivity index (χ0) is 22.4. The lowest BCUT2D eigenvalue weighted by Crippen LogP contribution is -2.50. The lowest BCUT2D eigenvalue weighted by molar-refractivity contribution is -0.140. The topological polar surface area (TPSA) is 49.4 Å². The molecule has 3 rings (SSSR count). The minimum absolute atomic E-state index is 0.0651. The number of aryl methyl sites for hydroxylation is 2. The van der Waals surface area contributed by atoms with Gasteiger partial charge in [0.1, 0.15) is 11.9 Å². The monoisotopic (exact) mass is 424 g/mol. The molecule has 166 valence electrons.